The number of carbonyl (C=O) groups excluding carboxylic acids is 1. The van der Waals surface area contributed by atoms with E-state index in [1.807, 2.05) is 0 Å². The summed E-state index contributed by atoms with van der Waals surface area (Å²) in [4.78, 5) is 16.7. The standard InChI is InChI=1S/C17H18ClFN2O5S/c1-21(25-2)27(23,24)16-11-12(3-8-15(16)18)17(22)20-9-10-26-14-6-4-13(19)5-7-14/h3-8,11H,9-10H2,1-2H3,(H,20,22). The summed E-state index contributed by atoms with van der Waals surface area (Å²) in [7, 11) is -1.59. The van der Waals surface area contributed by atoms with Gasteiger partial charge in [-0.2, -0.15) is 0 Å². The van der Waals surface area contributed by atoms with Gasteiger partial charge in [-0.05, 0) is 42.5 Å². The minimum atomic E-state index is -4.00. The molecule has 0 spiro atoms. The minimum absolute atomic E-state index is 0.0323. The molecule has 146 valence electrons. The number of hydroxylamine groups is 1. The number of carbonyl (C=O) groups is 1. The summed E-state index contributed by atoms with van der Waals surface area (Å²) in [6, 6.07) is 9.37. The van der Waals surface area contributed by atoms with Crippen LogP contribution in [0.15, 0.2) is 47.4 Å². The quantitative estimate of drug-likeness (QED) is 0.528. The van der Waals surface area contributed by atoms with Crippen molar-refractivity contribution in [3.63, 3.8) is 0 Å². The second-order valence-electron chi connectivity index (χ2n) is 5.30. The topological polar surface area (TPSA) is 84.9 Å². The molecule has 1 N–H and O–H groups in total. The molecule has 0 fully saturated rings. The Bertz CT molecular complexity index is 906. The van der Waals surface area contributed by atoms with Gasteiger partial charge >= 0.3 is 0 Å². The van der Waals surface area contributed by atoms with Crippen LogP contribution in [-0.4, -0.2) is 46.1 Å². The molecule has 0 saturated heterocycles. The summed E-state index contributed by atoms with van der Waals surface area (Å²) in [5.74, 6) is -0.401. The molecule has 0 atom stereocenters. The summed E-state index contributed by atoms with van der Waals surface area (Å²) in [5, 5.41) is 2.57. The van der Waals surface area contributed by atoms with Gasteiger partial charge in [0, 0.05) is 12.6 Å². The smallest absolute Gasteiger partial charge is 0.266 e. The number of hydrogen-bond donors (Lipinski definition) is 1. The molecule has 0 aliphatic heterocycles. The van der Waals surface area contributed by atoms with Gasteiger partial charge in [-0.15, -0.1) is 0 Å². The Hall–Kier alpha value is -2.20. The molecule has 0 radical (unpaired) electrons. The molecule has 0 aromatic heterocycles. The molecule has 2 aromatic rings. The Morgan fingerprint density at radius 3 is 2.52 bits per heavy atom. The van der Waals surface area contributed by atoms with Gasteiger partial charge < -0.3 is 10.1 Å². The van der Waals surface area contributed by atoms with E-state index in [0.29, 0.717) is 10.2 Å². The zero-order valence-corrected chi connectivity index (χ0v) is 16.2. The molecular weight excluding hydrogens is 399 g/mol. The highest BCUT2D eigenvalue weighted by Crippen LogP contribution is 2.25. The number of nitrogens with zero attached hydrogens (tertiary/aromatic N) is 1. The molecule has 0 aliphatic rings. The van der Waals surface area contributed by atoms with Crippen LogP contribution in [0.3, 0.4) is 0 Å². The fourth-order valence-electron chi connectivity index (χ4n) is 2.05. The lowest BCUT2D eigenvalue weighted by Crippen LogP contribution is -2.29. The zero-order valence-electron chi connectivity index (χ0n) is 14.6. The summed E-state index contributed by atoms with van der Waals surface area (Å²) in [6.45, 7) is 0.321. The Morgan fingerprint density at radius 2 is 1.89 bits per heavy atom. The number of sulfonamides is 1. The largest absolute Gasteiger partial charge is 0.492 e. The number of halogens is 2. The number of ether oxygens (including phenoxy) is 1. The van der Waals surface area contributed by atoms with Crippen LogP contribution in [0.2, 0.25) is 5.02 Å². The molecule has 0 heterocycles. The van der Waals surface area contributed by atoms with Crippen molar-refractivity contribution in [2.75, 3.05) is 27.3 Å². The van der Waals surface area contributed by atoms with E-state index in [1.54, 1.807) is 0 Å². The van der Waals surface area contributed by atoms with E-state index < -0.39 is 15.9 Å². The summed E-state index contributed by atoms with van der Waals surface area (Å²) < 4.78 is 43.5. The number of amides is 1. The van der Waals surface area contributed by atoms with Crippen LogP contribution in [0.1, 0.15) is 10.4 Å². The monoisotopic (exact) mass is 416 g/mol. The molecule has 0 bridgehead atoms. The van der Waals surface area contributed by atoms with Crippen molar-refractivity contribution in [3.8, 4) is 5.75 Å². The van der Waals surface area contributed by atoms with Crippen molar-refractivity contribution >= 4 is 27.5 Å². The van der Waals surface area contributed by atoms with Crippen LogP contribution >= 0.6 is 11.6 Å². The highest BCUT2D eigenvalue weighted by Gasteiger charge is 2.25. The highest BCUT2D eigenvalue weighted by molar-refractivity contribution is 7.89. The van der Waals surface area contributed by atoms with Gasteiger partial charge in [0.05, 0.1) is 18.7 Å². The van der Waals surface area contributed by atoms with Crippen LogP contribution in [0.5, 0.6) is 5.75 Å². The summed E-state index contributed by atoms with van der Waals surface area (Å²) in [6.07, 6.45) is 0. The lowest BCUT2D eigenvalue weighted by Gasteiger charge is -2.16. The van der Waals surface area contributed by atoms with Gasteiger partial charge in [0.1, 0.15) is 23.1 Å². The summed E-state index contributed by atoms with van der Waals surface area (Å²) >= 11 is 5.95. The van der Waals surface area contributed by atoms with Gasteiger partial charge in [0.15, 0.2) is 0 Å². The molecule has 7 nitrogen and oxygen atoms in total. The Morgan fingerprint density at radius 1 is 1.22 bits per heavy atom. The lowest BCUT2D eigenvalue weighted by molar-refractivity contribution is -0.0258. The van der Waals surface area contributed by atoms with Crippen LogP contribution in [0, 0.1) is 5.82 Å². The van der Waals surface area contributed by atoms with Crippen molar-refractivity contribution in [1.29, 1.82) is 0 Å². The first-order valence-electron chi connectivity index (χ1n) is 7.75. The van der Waals surface area contributed by atoms with Gasteiger partial charge in [0.2, 0.25) is 0 Å². The molecule has 0 saturated carbocycles. The molecule has 1 amide bonds. The molecule has 0 aliphatic carbocycles. The Kier molecular flexibility index (Phi) is 7.14. The molecule has 2 aromatic carbocycles. The first kappa shape index (κ1) is 21.1. The summed E-state index contributed by atoms with van der Waals surface area (Å²) in [5.41, 5.74) is 0.115. The van der Waals surface area contributed by atoms with Crippen molar-refractivity contribution in [1.82, 2.24) is 9.79 Å². The van der Waals surface area contributed by atoms with Crippen LogP contribution in [-0.2, 0) is 14.9 Å². The van der Waals surface area contributed by atoms with E-state index in [2.05, 4.69) is 5.32 Å². The predicted molar refractivity (Wildman–Crippen MR) is 97.6 cm³/mol. The van der Waals surface area contributed by atoms with E-state index in [4.69, 9.17) is 21.2 Å². The Balaban J connectivity index is 2.00. The van der Waals surface area contributed by atoms with Crippen molar-refractivity contribution in [2.24, 2.45) is 0 Å². The maximum Gasteiger partial charge on any atom is 0.266 e. The Labute approximate surface area is 161 Å². The average molecular weight is 417 g/mol. The van der Waals surface area contributed by atoms with E-state index in [0.717, 1.165) is 0 Å². The minimum Gasteiger partial charge on any atom is -0.492 e. The SMILES string of the molecule is CON(C)S(=O)(=O)c1cc(C(=O)NCCOc2ccc(F)cc2)ccc1Cl. The molecular formula is C17H18ClFN2O5S. The van der Waals surface area contributed by atoms with E-state index >= 15 is 0 Å². The maximum absolute atomic E-state index is 12.8. The second-order valence-corrected chi connectivity index (χ2v) is 7.61. The molecule has 0 unspecified atom stereocenters. The van der Waals surface area contributed by atoms with Gasteiger partial charge in [-0.25, -0.2) is 12.8 Å². The normalized spacial score (nSPS) is 11.4. The van der Waals surface area contributed by atoms with Crippen LogP contribution in [0.25, 0.3) is 0 Å². The fraction of sp³-hybridized carbons (Fsp3) is 0.235. The predicted octanol–water partition coefficient (Wildman–Crippen LogP) is 2.47. The van der Waals surface area contributed by atoms with Gasteiger partial charge in [-0.1, -0.05) is 16.1 Å². The second kappa shape index (κ2) is 9.14. The highest BCUT2D eigenvalue weighted by atomic mass is 35.5. The number of benzene rings is 2. The van der Waals surface area contributed by atoms with E-state index in [9.17, 15) is 17.6 Å². The molecule has 2 rings (SSSR count). The zero-order chi connectivity index (χ0) is 20.0. The van der Waals surface area contributed by atoms with Crippen molar-refractivity contribution in [3.05, 3.63) is 58.9 Å². The van der Waals surface area contributed by atoms with Crippen LogP contribution in [0.4, 0.5) is 4.39 Å². The molecule has 10 heteroatoms. The lowest BCUT2D eigenvalue weighted by atomic mass is 10.2. The van der Waals surface area contributed by atoms with Gasteiger partial charge in [-0.3, -0.25) is 9.63 Å². The third-order valence-corrected chi connectivity index (χ3v) is 5.70. The van der Waals surface area contributed by atoms with E-state index in [1.165, 1.54) is 56.6 Å². The fourth-order valence-corrected chi connectivity index (χ4v) is 3.52. The van der Waals surface area contributed by atoms with Crippen molar-refractivity contribution < 1.29 is 27.2 Å². The van der Waals surface area contributed by atoms with Crippen molar-refractivity contribution in [2.45, 2.75) is 4.90 Å². The first-order valence-corrected chi connectivity index (χ1v) is 9.56. The maximum atomic E-state index is 12.8. The third-order valence-electron chi connectivity index (χ3n) is 3.54. The van der Waals surface area contributed by atoms with E-state index in [-0.39, 0.29) is 34.5 Å². The first-order chi connectivity index (χ1) is 12.8. The number of hydrogen-bond acceptors (Lipinski definition) is 5. The third kappa shape index (κ3) is 5.39. The number of nitrogens with one attached hydrogen (secondary N) is 1. The average Bonchev–Trinajstić information content (AvgIpc) is 2.65. The van der Waals surface area contributed by atoms with Gasteiger partial charge in [0.25, 0.3) is 15.9 Å². The number of rotatable bonds is 8. The molecule has 27 heavy (non-hydrogen) atoms. The van der Waals surface area contributed by atoms with Crippen LogP contribution < -0.4 is 10.1 Å².